The maximum atomic E-state index is 12.9. The number of hydrogen-bond donors (Lipinski definition) is 1. The van der Waals surface area contributed by atoms with Crippen molar-refractivity contribution in [1.82, 2.24) is 19.6 Å². The Kier molecular flexibility index (Phi) is 3.75. The normalized spacial score (nSPS) is 18.8. The Hall–Kier alpha value is -2.37. The van der Waals surface area contributed by atoms with E-state index in [2.05, 4.69) is 17.2 Å². The number of imidazole rings is 1. The maximum Gasteiger partial charge on any atom is 0.290 e. The first kappa shape index (κ1) is 15.2. The third-order valence-corrected chi connectivity index (χ3v) is 4.94. The molecule has 0 aromatic carbocycles. The van der Waals surface area contributed by atoms with Gasteiger partial charge in [-0.05, 0) is 43.7 Å². The molecule has 2 aromatic heterocycles. The first-order chi connectivity index (χ1) is 11.6. The predicted molar refractivity (Wildman–Crippen MR) is 90.0 cm³/mol. The van der Waals surface area contributed by atoms with Gasteiger partial charge in [-0.25, -0.2) is 4.98 Å². The first-order valence-corrected chi connectivity index (χ1v) is 8.70. The SMILES string of the molecule is CC1CCN(C(=O)c2nc(C(=O)NC3CC3)c3ccccn23)CC1. The van der Waals surface area contributed by atoms with Crippen molar-refractivity contribution in [2.24, 2.45) is 5.92 Å². The lowest BCUT2D eigenvalue weighted by atomic mass is 9.99. The first-order valence-electron chi connectivity index (χ1n) is 8.70. The summed E-state index contributed by atoms with van der Waals surface area (Å²) in [5.41, 5.74) is 1.03. The maximum absolute atomic E-state index is 12.9. The highest BCUT2D eigenvalue weighted by atomic mass is 16.2. The Morgan fingerprint density at radius 3 is 2.62 bits per heavy atom. The quantitative estimate of drug-likeness (QED) is 0.939. The molecule has 1 aliphatic carbocycles. The summed E-state index contributed by atoms with van der Waals surface area (Å²) in [6, 6.07) is 5.82. The van der Waals surface area contributed by atoms with E-state index in [9.17, 15) is 9.59 Å². The fraction of sp³-hybridized carbons (Fsp3) is 0.500. The number of aromatic nitrogens is 2. The molecule has 0 unspecified atom stereocenters. The van der Waals surface area contributed by atoms with Crippen LogP contribution in [0, 0.1) is 5.92 Å². The van der Waals surface area contributed by atoms with Crippen LogP contribution >= 0.6 is 0 Å². The van der Waals surface area contributed by atoms with Crippen molar-refractivity contribution in [1.29, 1.82) is 0 Å². The Balaban J connectivity index is 1.67. The van der Waals surface area contributed by atoms with Gasteiger partial charge in [0.05, 0.1) is 5.52 Å². The number of nitrogens with zero attached hydrogens (tertiary/aromatic N) is 3. The van der Waals surface area contributed by atoms with E-state index in [0.29, 0.717) is 23.0 Å². The number of nitrogens with one attached hydrogen (secondary N) is 1. The summed E-state index contributed by atoms with van der Waals surface area (Å²) >= 11 is 0. The standard InChI is InChI=1S/C18H22N4O2/c1-12-7-10-21(11-8-12)18(24)16-20-15(17(23)19-13-5-6-13)14-4-2-3-9-22(14)16/h2-4,9,12-13H,5-8,10-11H2,1H3,(H,19,23). The highest BCUT2D eigenvalue weighted by Gasteiger charge is 2.29. The highest BCUT2D eigenvalue weighted by molar-refractivity contribution is 6.02. The van der Waals surface area contributed by atoms with Gasteiger partial charge in [0.1, 0.15) is 0 Å². The molecule has 2 aliphatic rings. The Bertz CT molecular complexity index is 785. The van der Waals surface area contributed by atoms with E-state index in [1.165, 1.54) is 0 Å². The molecule has 6 nitrogen and oxygen atoms in total. The molecule has 0 atom stereocenters. The van der Waals surface area contributed by atoms with Gasteiger partial charge in [0, 0.05) is 25.3 Å². The molecule has 126 valence electrons. The van der Waals surface area contributed by atoms with Gasteiger partial charge < -0.3 is 10.2 Å². The average Bonchev–Trinajstić information content (AvgIpc) is 3.32. The van der Waals surface area contributed by atoms with Gasteiger partial charge >= 0.3 is 0 Å². The molecule has 1 saturated carbocycles. The van der Waals surface area contributed by atoms with Crippen molar-refractivity contribution in [3.05, 3.63) is 35.9 Å². The molecule has 1 aliphatic heterocycles. The Morgan fingerprint density at radius 1 is 1.17 bits per heavy atom. The van der Waals surface area contributed by atoms with Crippen LogP contribution in [0.15, 0.2) is 24.4 Å². The minimum Gasteiger partial charge on any atom is -0.348 e. The minimum atomic E-state index is -0.187. The molecule has 2 fully saturated rings. The lowest BCUT2D eigenvalue weighted by Crippen LogP contribution is -2.38. The molecular formula is C18H22N4O2. The predicted octanol–water partition coefficient (Wildman–Crippen LogP) is 2.10. The largest absolute Gasteiger partial charge is 0.348 e. The van der Waals surface area contributed by atoms with Crippen LogP contribution in [0.5, 0.6) is 0 Å². The lowest BCUT2D eigenvalue weighted by Gasteiger charge is -2.29. The second-order valence-electron chi connectivity index (χ2n) is 6.96. The van der Waals surface area contributed by atoms with Gasteiger partial charge in [-0.15, -0.1) is 0 Å². The van der Waals surface area contributed by atoms with E-state index in [-0.39, 0.29) is 17.9 Å². The molecule has 1 N–H and O–H groups in total. The van der Waals surface area contributed by atoms with E-state index < -0.39 is 0 Å². The molecule has 1 saturated heterocycles. The van der Waals surface area contributed by atoms with Crippen molar-refractivity contribution >= 4 is 17.3 Å². The van der Waals surface area contributed by atoms with Crippen molar-refractivity contribution in [2.75, 3.05) is 13.1 Å². The zero-order chi connectivity index (χ0) is 16.7. The molecular weight excluding hydrogens is 304 g/mol. The van der Waals surface area contributed by atoms with Crippen LogP contribution in [-0.4, -0.2) is 45.2 Å². The van der Waals surface area contributed by atoms with Crippen molar-refractivity contribution in [3.8, 4) is 0 Å². The zero-order valence-electron chi connectivity index (χ0n) is 13.9. The summed E-state index contributed by atoms with van der Waals surface area (Å²) in [5, 5.41) is 2.96. The van der Waals surface area contributed by atoms with Gasteiger partial charge in [0.25, 0.3) is 11.8 Å². The van der Waals surface area contributed by atoms with Crippen molar-refractivity contribution < 1.29 is 9.59 Å². The number of hydrogen-bond acceptors (Lipinski definition) is 3. The molecule has 24 heavy (non-hydrogen) atoms. The Labute approximate surface area is 140 Å². The van der Waals surface area contributed by atoms with E-state index in [4.69, 9.17) is 0 Å². The van der Waals surface area contributed by atoms with E-state index in [0.717, 1.165) is 38.8 Å². The van der Waals surface area contributed by atoms with Gasteiger partial charge in [-0.1, -0.05) is 13.0 Å². The molecule has 3 heterocycles. The number of pyridine rings is 1. The van der Waals surface area contributed by atoms with Crippen LogP contribution in [0.25, 0.3) is 5.52 Å². The van der Waals surface area contributed by atoms with Crippen molar-refractivity contribution in [2.45, 2.75) is 38.6 Å². The third kappa shape index (κ3) is 2.77. The summed E-state index contributed by atoms with van der Waals surface area (Å²) in [4.78, 5) is 31.6. The number of amides is 2. The van der Waals surface area contributed by atoms with Gasteiger partial charge in [-0.2, -0.15) is 0 Å². The molecule has 0 spiro atoms. The van der Waals surface area contributed by atoms with Crippen LogP contribution in [0.4, 0.5) is 0 Å². The lowest BCUT2D eigenvalue weighted by molar-refractivity contribution is 0.0684. The monoisotopic (exact) mass is 326 g/mol. The van der Waals surface area contributed by atoms with Crippen LogP contribution in [0.2, 0.25) is 0 Å². The number of fused-ring (bicyclic) bond motifs is 1. The van der Waals surface area contributed by atoms with Gasteiger partial charge in [0.2, 0.25) is 5.82 Å². The van der Waals surface area contributed by atoms with Crippen LogP contribution < -0.4 is 5.32 Å². The average molecular weight is 326 g/mol. The number of carbonyl (C=O) groups is 2. The zero-order valence-corrected chi connectivity index (χ0v) is 13.9. The molecule has 4 rings (SSSR count). The molecule has 6 heteroatoms. The Morgan fingerprint density at radius 2 is 1.92 bits per heavy atom. The number of rotatable bonds is 3. The van der Waals surface area contributed by atoms with Crippen LogP contribution in [-0.2, 0) is 0 Å². The second kappa shape index (κ2) is 5.92. The third-order valence-electron chi connectivity index (χ3n) is 4.94. The molecule has 2 aromatic rings. The molecule has 0 bridgehead atoms. The second-order valence-corrected chi connectivity index (χ2v) is 6.96. The van der Waals surface area contributed by atoms with E-state index in [1.54, 1.807) is 10.6 Å². The van der Waals surface area contributed by atoms with E-state index >= 15 is 0 Å². The summed E-state index contributed by atoms with van der Waals surface area (Å²) in [5.74, 6) is 0.716. The van der Waals surface area contributed by atoms with Crippen LogP contribution in [0.3, 0.4) is 0 Å². The smallest absolute Gasteiger partial charge is 0.290 e. The van der Waals surface area contributed by atoms with Gasteiger partial charge in [0.15, 0.2) is 5.69 Å². The summed E-state index contributed by atoms with van der Waals surface area (Å²) < 4.78 is 1.74. The summed E-state index contributed by atoms with van der Waals surface area (Å²) in [6.07, 6.45) is 5.88. The number of piperidine rings is 1. The summed E-state index contributed by atoms with van der Waals surface area (Å²) in [6.45, 7) is 3.73. The summed E-state index contributed by atoms with van der Waals surface area (Å²) in [7, 11) is 0. The topological polar surface area (TPSA) is 66.7 Å². The van der Waals surface area contributed by atoms with Crippen LogP contribution in [0.1, 0.15) is 53.7 Å². The fourth-order valence-corrected chi connectivity index (χ4v) is 3.19. The fourth-order valence-electron chi connectivity index (χ4n) is 3.19. The van der Waals surface area contributed by atoms with Crippen molar-refractivity contribution in [3.63, 3.8) is 0 Å². The van der Waals surface area contributed by atoms with Gasteiger partial charge in [-0.3, -0.25) is 14.0 Å². The minimum absolute atomic E-state index is 0.0893. The molecule has 2 amide bonds. The number of likely N-dealkylation sites (tertiary alicyclic amines) is 1. The highest BCUT2D eigenvalue weighted by Crippen LogP contribution is 2.22. The van der Waals surface area contributed by atoms with E-state index in [1.807, 2.05) is 23.1 Å². The molecule has 0 radical (unpaired) electrons. The number of carbonyl (C=O) groups excluding carboxylic acids is 2.